The normalized spacial score (nSPS) is 31.7. The molecule has 8 heteroatoms. The minimum atomic E-state index is -0.0354. The number of pyridine rings is 1. The molecule has 6 fully saturated rings. The molecule has 6 aliphatic rings. The highest BCUT2D eigenvalue weighted by Gasteiger charge is 2.50. The number of hydrogen-bond donors (Lipinski definition) is 1. The predicted molar refractivity (Wildman–Crippen MR) is 144 cm³/mol. The van der Waals surface area contributed by atoms with Gasteiger partial charge in [0.15, 0.2) is 0 Å². The molecule has 4 heterocycles. The number of likely N-dealkylation sites (tertiary alicyclic amines) is 1. The Morgan fingerprint density at radius 3 is 2.34 bits per heavy atom. The number of morpholine rings is 1. The van der Waals surface area contributed by atoms with Crippen molar-refractivity contribution in [2.45, 2.75) is 63.8 Å². The van der Waals surface area contributed by atoms with E-state index in [1.165, 1.54) is 38.5 Å². The average molecular weight is 520 g/mol. The predicted octanol–water partition coefficient (Wildman–Crippen LogP) is 3.15. The van der Waals surface area contributed by atoms with Crippen LogP contribution in [0.1, 0.15) is 67.5 Å². The van der Waals surface area contributed by atoms with Crippen LogP contribution < -0.4 is 5.32 Å². The van der Waals surface area contributed by atoms with Crippen LogP contribution in [0.2, 0.25) is 0 Å². The van der Waals surface area contributed by atoms with E-state index in [0.29, 0.717) is 17.2 Å². The minimum Gasteiger partial charge on any atom is -0.379 e. The van der Waals surface area contributed by atoms with Crippen molar-refractivity contribution in [1.82, 2.24) is 24.5 Å². The lowest BCUT2D eigenvalue weighted by Gasteiger charge is -2.56. The van der Waals surface area contributed by atoms with Crippen LogP contribution in [0.25, 0.3) is 5.65 Å². The smallest absolute Gasteiger partial charge is 0.268 e. The molecule has 0 atom stereocenters. The van der Waals surface area contributed by atoms with Crippen LogP contribution >= 0.6 is 0 Å². The molecular formula is C30H41N5O3. The maximum atomic E-state index is 13.3. The number of amides is 2. The molecule has 2 saturated heterocycles. The lowest BCUT2D eigenvalue weighted by molar-refractivity contribution is -0.132. The molecule has 0 spiro atoms. The Hall–Kier alpha value is -2.45. The van der Waals surface area contributed by atoms with Crippen LogP contribution in [0.3, 0.4) is 0 Å². The van der Waals surface area contributed by atoms with Gasteiger partial charge in [0.1, 0.15) is 11.3 Å². The summed E-state index contributed by atoms with van der Waals surface area (Å²) in [6.07, 6.45) is 12.3. The summed E-state index contributed by atoms with van der Waals surface area (Å²) in [5.74, 6) is 2.72. The first-order chi connectivity index (χ1) is 18.5. The zero-order chi connectivity index (χ0) is 25.7. The van der Waals surface area contributed by atoms with Crippen LogP contribution in [0.15, 0.2) is 24.4 Å². The highest BCUT2D eigenvalue weighted by Crippen LogP contribution is 2.59. The molecule has 2 aliphatic heterocycles. The third-order valence-electron chi connectivity index (χ3n) is 10.3. The highest BCUT2D eigenvalue weighted by molar-refractivity contribution is 5.93. The number of carbonyl (C=O) groups is 2. The molecule has 0 radical (unpaired) electrons. The van der Waals surface area contributed by atoms with Crippen molar-refractivity contribution in [1.29, 1.82) is 0 Å². The molecule has 1 N–H and O–H groups in total. The topological polar surface area (TPSA) is 79.2 Å². The van der Waals surface area contributed by atoms with Gasteiger partial charge in [-0.15, -0.1) is 0 Å². The number of ether oxygens (including phenoxy) is 1. The van der Waals surface area contributed by atoms with Gasteiger partial charge in [-0.25, -0.2) is 4.98 Å². The van der Waals surface area contributed by atoms with E-state index in [9.17, 15) is 9.59 Å². The van der Waals surface area contributed by atoms with Gasteiger partial charge in [0.2, 0.25) is 5.91 Å². The standard InChI is InChI=1S/C30H41N5O3/c36-28(34-6-4-25(5-7-34)33-8-10-38-11-9-33)15-24-19-35-26(2-1-3-27(35)32-24)29(37)31-20-30-16-21-12-22(17-30)14-23(13-21)18-30/h1-3,19,21-23,25H,4-18,20H2,(H,31,37). The summed E-state index contributed by atoms with van der Waals surface area (Å²) in [6.45, 7) is 6.01. The van der Waals surface area contributed by atoms with Crippen LogP contribution in [0, 0.1) is 23.2 Å². The minimum absolute atomic E-state index is 0.0354. The Balaban J connectivity index is 0.977. The zero-order valence-corrected chi connectivity index (χ0v) is 22.4. The molecule has 4 aliphatic carbocycles. The van der Waals surface area contributed by atoms with Crippen molar-refractivity contribution >= 4 is 17.5 Å². The lowest BCUT2D eigenvalue weighted by Crippen LogP contribution is -2.51. The molecule has 8 rings (SSSR count). The van der Waals surface area contributed by atoms with Gasteiger partial charge in [-0.3, -0.25) is 18.9 Å². The number of nitrogens with zero attached hydrogens (tertiary/aromatic N) is 4. The zero-order valence-electron chi connectivity index (χ0n) is 22.4. The quantitative estimate of drug-likeness (QED) is 0.635. The largest absolute Gasteiger partial charge is 0.379 e. The van der Waals surface area contributed by atoms with Gasteiger partial charge in [0, 0.05) is 45.0 Å². The number of nitrogens with one attached hydrogen (secondary N) is 1. The van der Waals surface area contributed by atoms with Crippen molar-refractivity contribution in [3.63, 3.8) is 0 Å². The highest BCUT2D eigenvalue weighted by atomic mass is 16.5. The van der Waals surface area contributed by atoms with Crippen molar-refractivity contribution < 1.29 is 14.3 Å². The Bertz CT molecular complexity index is 1160. The SMILES string of the molecule is O=C(NCC12CC3CC(CC(C3)C1)C2)c1cccc2nc(CC(=O)N3CCC(N4CCOCC4)CC3)cn12. The Labute approximate surface area is 225 Å². The summed E-state index contributed by atoms with van der Waals surface area (Å²) in [5, 5.41) is 3.31. The summed E-state index contributed by atoms with van der Waals surface area (Å²) in [5.41, 5.74) is 2.36. The van der Waals surface area contributed by atoms with Gasteiger partial charge in [-0.2, -0.15) is 0 Å². The number of aromatic nitrogens is 2. The number of carbonyl (C=O) groups excluding carboxylic acids is 2. The van der Waals surface area contributed by atoms with E-state index in [0.717, 1.165) is 87.9 Å². The molecule has 38 heavy (non-hydrogen) atoms. The summed E-state index contributed by atoms with van der Waals surface area (Å²) in [4.78, 5) is 35.7. The lowest BCUT2D eigenvalue weighted by atomic mass is 9.49. The molecular weight excluding hydrogens is 478 g/mol. The Kier molecular flexibility index (Phi) is 6.43. The molecule has 8 nitrogen and oxygen atoms in total. The first-order valence-electron chi connectivity index (χ1n) is 14.9. The second kappa shape index (κ2) is 9.94. The second-order valence-corrected chi connectivity index (χ2v) is 12.9. The number of hydrogen-bond acceptors (Lipinski definition) is 5. The molecule has 2 aromatic heterocycles. The van der Waals surface area contributed by atoms with Crippen LogP contribution in [0.5, 0.6) is 0 Å². The summed E-state index contributed by atoms with van der Waals surface area (Å²) >= 11 is 0. The van der Waals surface area contributed by atoms with E-state index in [1.807, 2.05) is 33.7 Å². The fraction of sp³-hybridized carbons (Fsp3) is 0.700. The van der Waals surface area contributed by atoms with Crippen LogP contribution in [-0.4, -0.2) is 83.0 Å². The number of piperidine rings is 1. The first kappa shape index (κ1) is 24.6. The third-order valence-corrected chi connectivity index (χ3v) is 10.3. The van der Waals surface area contributed by atoms with Gasteiger partial charge in [-0.1, -0.05) is 6.07 Å². The maximum Gasteiger partial charge on any atom is 0.268 e. The summed E-state index contributed by atoms with van der Waals surface area (Å²) < 4.78 is 7.35. The second-order valence-electron chi connectivity index (χ2n) is 12.9. The van der Waals surface area contributed by atoms with E-state index in [1.54, 1.807) is 0 Å². The van der Waals surface area contributed by atoms with Gasteiger partial charge in [0.25, 0.3) is 5.91 Å². The average Bonchev–Trinajstić information content (AvgIpc) is 3.34. The van der Waals surface area contributed by atoms with Crippen LogP contribution in [0.4, 0.5) is 0 Å². The number of rotatable bonds is 6. The van der Waals surface area contributed by atoms with E-state index in [2.05, 4.69) is 10.2 Å². The van der Waals surface area contributed by atoms with Crippen LogP contribution in [-0.2, 0) is 16.0 Å². The van der Waals surface area contributed by atoms with Crippen molar-refractivity contribution in [2.24, 2.45) is 23.2 Å². The van der Waals surface area contributed by atoms with Crippen molar-refractivity contribution in [2.75, 3.05) is 45.9 Å². The number of fused-ring (bicyclic) bond motifs is 1. The molecule has 4 saturated carbocycles. The molecule has 2 aromatic rings. The van der Waals surface area contributed by atoms with E-state index >= 15 is 0 Å². The van der Waals surface area contributed by atoms with E-state index in [4.69, 9.17) is 9.72 Å². The van der Waals surface area contributed by atoms with Gasteiger partial charge in [-0.05, 0) is 86.7 Å². The Morgan fingerprint density at radius 1 is 0.974 bits per heavy atom. The Morgan fingerprint density at radius 2 is 1.66 bits per heavy atom. The van der Waals surface area contributed by atoms with E-state index in [-0.39, 0.29) is 18.2 Å². The molecule has 0 unspecified atom stereocenters. The van der Waals surface area contributed by atoms with Gasteiger partial charge in [0.05, 0.1) is 25.3 Å². The van der Waals surface area contributed by atoms with Gasteiger partial charge < -0.3 is 15.0 Å². The van der Waals surface area contributed by atoms with Crippen molar-refractivity contribution in [3.05, 3.63) is 35.8 Å². The van der Waals surface area contributed by atoms with Crippen molar-refractivity contribution in [3.8, 4) is 0 Å². The monoisotopic (exact) mass is 519 g/mol. The fourth-order valence-corrected chi connectivity index (χ4v) is 8.89. The third kappa shape index (κ3) is 4.75. The fourth-order valence-electron chi connectivity index (χ4n) is 8.89. The molecule has 204 valence electrons. The maximum absolute atomic E-state index is 13.3. The molecule has 4 bridgehead atoms. The molecule has 0 aromatic carbocycles. The first-order valence-corrected chi connectivity index (χ1v) is 14.9. The summed E-state index contributed by atoms with van der Waals surface area (Å²) in [6, 6.07) is 6.23. The van der Waals surface area contributed by atoms with E-state index < -0.39 is 0 Å². The van der Waals surface area contributed by atoms with Gasteiger partial charge >= 0.3 is 0 Å². The number of imidazole rings is 1. The molecule has 2 amide bonds. The summed E-state index contributed by atoms with van der Waals surface area (Å²) in [7, 11) is 0.